The largest absolute Gasteiger partial charge is 0.496 e. The van der Waals surface area contributed by atoms with E-state index in [4.69, 9.17) is 15.2 Å². The number of nitrogens with two attached hydrogens (primary N) is 1. The molecule has 4 heteroatoms. The lowest BCUT2D eigenvalue weighted by Crippen LogP contribution is -2.42. The lowest BCUT2D eigenvalue weighted by Gasteiger charge is -2.33. The van der Waals surface area contributed by atoms with Gasteiger partial charge in [0.05, 0.1) is 13.7 Å². The van der Waals surface area contributed by atoms with E-state index in [1.165, 1.54) is 5.56 Å². The molecule has 2 atom stereocenters. The van der Waals surface area contributed by atoms with Crippen molar-refractivity contribution in [3.63, 3.8) is 0 Å². The molecule has 1 rings (SSSR count). The number of ether oxygens (including phenoxy) is 2. The van der Waals surface area contributed by atoms with Crippen LogP contribution in [-0.2, 0) is 11.2 Å². The van der Waals surface area contributed by atoms with Crippen molar-refractivity contribution >= 4 is 0 Å². The Kier molecular flexibility index (Phi) is 8.35. The van der Waals surface area contributed by atoms with Gasteiger partial charge in [-0.15, -0.1) is 0 Å². The van der Waals surface area contributed by atoms with Gasteiger partial charge < -0.3 is 15.2 Å². The molecule has 2 unspecified atom stereocenters. The number of para-hydroxylation sites is 1. The minimum Gasteiger partial charge on any atom is -0.496 e. The summed E-state index contributed by atoms with van der Waals surface area (Å²) in [5.41, 5.74) is 6.88. The lowest BCUT2D eigenvalue weighted by molar-refractivity contribution is 0.0784. The Bertz CT molecular complexity index is 398. The van der Waals surface area contributed by atoms with Crippen LogP contribution in [0.1, 0.15) is 25.3 Å². The first-order valence-corrected chi connectivity index (χ1v) is 7.66. The fraction of sp³-hybridized carbons (Fsp3) is 0.647. The zero-order valence-corrected chi connectivity index (χ0v) is 13.8. The van der Waals surface area contributed by atoms with E-state index in [9.17, 15) is 0 Å². The second-order valence-corrected chi connectivity index (χ2v) is 5.57. The molecule has 1 aromatic rings. The average molecular weight is 294 g/mol. The van der Waals surface area contributed by atoms with Gasteiger partial charge in [-0.25, -0.2) is 0 Å². The SMILES string of the molecule is COCC(CCCN)N(C)C(C)Cc1ccccc1OC. The van der Waals surface area contributed by atoms with E-state index >= 15 is 0 Å². The Morgan fingerprint density at radius 2 is 1.95 bits per heavy atom. The minimum absolute atomic E-state index is 0.406. The van der Waals surface area contributed by atoms with E-state index in [1.54, 1.807) is 14.2 Å². The summed E-state index contributed by atoms with van der Waals surface area (Å²) >= 11 is 0. The van der Waals surface area contributed by atoms with Crippen LogP contribution in [-0.4, -0.2) is 51.4 Å². The van der Waals surface area contributed by atoms with Crippen LogP contribution in [0.2, 0.25) is 0 Å². The maximum atomic E-state index is 5.63. The molecule has 1 aromatic carbocycles. The zero-order valence-electron chi connectivity index (χ0n) is 13.8. The highest BCUT2D eigenvalue weighted by Gasteiger charge is 2.20. The van der Waals surface area contributed by atoms with Crippen molar-refractivity contribution in [2.24, 2.45) is 5.73 Å². The second-order valence-electron chi connectivity index (χ2n) is 5.57. The van der Waals surface area contributed by atoms with Crippen LogP contribution in [0.3, 0.4) is 0 Å². The molecular formula is C17H30N2O2. The third kappa shape index (κ3) is 5.65. The summed E-state index contributed by atoms with van der Waals surface area (Å²) in [6.45, 7) is 3.72. The van der Waals surface area contributed by atoms with Gasteiger partial charge in [-0.2, -0.15) is 0 Å². The first-order chi connectivity index (χ1) is 10.1. The van der Waals surface area contributed by atoms with E-state index in [0.717, 1.165) is 38.2 Å². The third-order valence-corrected chi connectivity index (χ3v) is 4.08. The molecule has 0 aliphatic rings. The van der Waals surface area contributed by atoms with Crippen molar-refractivity contribution in [2.75, 3.05) is 34.4 Å². The molecule has 0 aliphatic carbocycles. The summed E-state index contributed by atoms with van der Waals surface area (Å²) < 4.78 is 10.8. The van der Waals surface area contributed by atoms with Crippen molar-refractivity contribution in [1.82, 2.24) is 4.90 Å². The highest BCUT2D eigenvalue weighted by Crippen LogP contribution is 2.21. The molecular weight excluding hydrogens is 264 g/mol. The Hall–Kier alpha value is -1.10. The number of methoxy groups -OCH3 is 2. The Labute approximate surface area is 129 Å². The van der Waals surface area contributed by atoms with Crippen molar-refractivity contribution in [1.29, 1.82) is 0 Å². The molecule has 0 amide bonds. The topological polar surface area (TPSA) is 47.7 Å². The molecule has 0 saturated heterocycles. The molecule has 0 bridgehead atoms. The first kappa shape index (κ1) is 18.0. The van der Waals surface area contributed by atoms with Crippen molar-refractivity contribution in [3.05, 3.63) is 29.8 Å². The second kappa shape index (κ2) is 9.77. The van der Waals surface area contributed by atoms with Crippen LogP contribution >= 0.6 is 0 Å². The summed E-state index contributed by atoms with van der Waals surface area (Å²) in [4.78, 5) is 2.39. The average Bonchev–Trinajstić information content (AvgIpc) is 2.51. The molecule has 21 heavy (non-hydrogen) atoms. The number of likely N-dealkylation sites (N-methyl/N-ethyl adjacent to an activating group) is 1. The summed E-state index contributed by atoms with van der Waals surface area (Å²) in [6, 6.07) is 9.04. The fourth-order valence-corrected chi connectivity index (χ4v) is 2.64. The van der Waals surface area contributed by atoms with Crippen LogP contribution in [0.25, 0.3) is 0 Å². The number of nitrogens with zero attached hydrogens (tertiary/aromatic N) is 1. The van der Waals surface area contributed by atoms with Gasteiger partial charge in [-0.1, -0.05) is 18.2 Å². The van der Waals surface area contributed by atoms with Gasteiger partial charge in [0.15, 0.2) is 0 Å². The van der Waals surface area contributed by atoms with Crippen molar-refractivity contribution in [2.45, 2.75) is 38.3 Å². The molecule has 0 fully saturated rings. The highest BCUT2D eigenvalue weighted by molar-refractivity contribution is 5.33. The van der Waals surface area contributed by atoms with Crippen LogP contribution in [0.4, 0.5) is 0 Å². The predicted octanol–water partition coefficient (Wildman–Crippen LogP) is 2.31. The zero-order chi connectivity index (χ0) is 15.7. The van der Waals surface area contributed by atoms with Gasteiger partial charge in [-0.05, 0) is 51.4 Å². The monoisotopic (exact) mass is 294 g/mol. The minimum atomic E-state index is 0.406. The van der Waals surface area contributed by atoms with Gasteiger partial charge in [0.2, 0.25) is 0 Å². The lowest BCUT2D eigenvalue weighted by atomic mass is 10.0. The van der Waals surface area contributed by atoms with Gasteiger partial charge in [-0.3, -0.25) is 4.90 Å². The summed E-state index contributed by atoms with van der Waals surface area (Å²) in [6.07, 6.45) is 3.06. The smallest absolute Gasteiger partial charge is 0.122 e. The molecule has 0 heterocycles. The van der Waals surface area contributed by atoms with Crippen LogP contribution < -0.4 is 10.5 Å². The molecule has 0 radical (unpaired) electrons. The van der Waals surface area contributed by atoms with Crippen molar-refractivity contribution < 1.29 is 9.47 Å². The first-order valence-electron chi connectivity index (χ1n) is 7.66. The van der Waals surface area contributed by atoms with E-state index in [1.807, 2.05) is 12.1 Å². The Morgan fingerprint density at radius 3 is 2.57 bits per heavy atom. The van der Waals surface area contributed by atoms with Gasteiger partial charge >= 0.3 is 0 Å². The molecule has 0 aliphatic heterocycles. The predicted molar refractivity (Wildman–Crippen MR) is 87.9 cm³/mol. The maximum Gasteiger partial charge on any atom is 0.122 e. The standard InChI is InChI=1S/C17H30N2O2/c1-14(12-15-8-5-6-10-17(15)21-4)19(2)16(13-20-3)9-7-11-18/h5-6,8,10,14,16H,7,9,11-13,18H2,1-4H3. The fourth-order valence-electron chi connectivity index (χ4n) is 2.64. The van der Waals surface area contributed by atoms with Crippen molar-refractivity contribution in [3.8, 4) is 5.75 Å². The Balaban J connectivity index is 2.68. The summed E-state index contributed by atoms with van der Waals surface area (Å²) in [5, 5.41) is 0. The number of hydrogen-bond donors (Lipinski definition) is 1. The quantitative estimate of drug-likeness (QED) is 0.719. The molecule has 4 nitrogen and oxygen atoms in total. The molecule has 0 saturated carbocycles. The maximum absolute atomic E-state index is 5.63. The van der Waals surface area contributed by atoms with E-state index in [2.05, 4.69) is 31.0 Å². The normalized spacial score (nSPS) is 14.2. The molecule has 0 spiro atoms. The number of rotatable bonds is 10. The van der Waals surface area contributed by atoms with Gasteiger partial charge in [0.1, 0.15) is 5.75 Å². The molecule has 120 valence electrons. The van der Waals surface area contributed by atoms with Crippen LogP contribution in [0, 0.1) is 0 Å². The van der Waals surface area contributed by atoms with Gasteiger partial charge in [0, 0.05) is 19.2 Å². The van der Waals surface area contributed by atoms with Crippen LogP contribution in [0.15, 0.2) is 24.3 Å². The van der Waals surface area contributed by atoms with E-state index in [-0.39, 0.29) is 0 Å². The summed E-state index contributed by atoms with van der Waals surface area (Å²) in [5.74, 6) is 0.961. The summed E-state index contributed by atoms with van der Waals surface area (Å²) in [7, 11) is 5.65. The van der Waals surface area contributed by atoms with Gasteiger partial charge in [0.25, 0.3) is 0 Å². The van der Waals surface area contributed by atoms with Crippen LogP contribution in [0.5, 0.6) is 5.75 Å². The third-order valence-electron chi connectivity index (χ3n) is 4.08. The molecule has 0 aromatic heterocycles. The molecule has 2 N–H and O–H groups in total. The van der Waals surface area contributed by atoms with E-state index < -0.39 is 0 Å². The number of hydrogen-bond acceptors (Lipinski definition) is 4. The number of benzene rings is 1. The Morgan fingerprint density at radius 1 is 1.24 bits per heavy atom. The van der Waals surface area contributed by atoms with E-state index in [0.29, 0.717) is 12.1 Å². The highest BCUT2D eigenvalue weighted by atomic mass is 16.5.